The summed E-state index contributed by atoms with van der Waals surface area (Å²) in [6.45, 7) is 7.02. The third kappa shape index (κ3) is 4.56. The van der Waals surface area contributed by atoms with E-state index in [0.29, 0.717) is 25.3 Å². The molecule has 3 rings (SSSR count). The SMILES string of the molecule is CC(C)(C)CC(=O)N(CC1CCCO1)C1CC(=O)N(c2ccccc2)C1=O. The fourth-order valence-corrected chi connectivity index (χ4v) is 3.67. The molecular weight excluding hydrogens is 344 g/mol. The molecule has 2 heterocycles. The molecule has 0 N–H and O–H groups in total. The molecule has 2 atom stereocenters. The van der Waals surface area contributed by atoms with E-state index >= 15 is 0 Å². The summed E-state index contributed by atoms with van der Waals surface area (Å²) in [6, 6.07) is 8.13. The molecule has 2 saturated heterocycles. The van der Waals surface area contributed by atoms with Crippen LogP contribution in [-0.4, -0.2) is 47.9 Å². The van der Waals surface area contributed by atoms with E-state index in [4.69, 9.17) is 4.74 Å². The van der Waals surface area contributed by atoms with Gasteiger partial charge in [-0.1, -0.05) is 39.0 Å². The summed E-state index contributed by atoms with van der Waals surface area (Å²) in [5.74, 6) is -0.692. The van der Waals surface area contributed by atoms with E-state index < -0.39 is 6.04 Å². The van der Waals surface area contributed by atoms with Crippen LogP contribution in [0, 0.1) is 5.41 Å². The van der Waals surface area contributed by atoms with Crippen LogP contribution in [0.15, 0.2) is 30.3 Å². The predicted octanol–water partition coefficient (Wildman–Crippen LogP) is 2.76. The van der Waals surface area contributed by atoms with Crippen LogP contribution < -0.4 is 4.90 Å². The average molecular weight is 372 g/mol. The molecule has 2 aliphatic rings. The number of para-hydroxylation sites is 1. The van der Waals surface area contributed by atoms with Crippen LogP contribution in [0.5, 0.6) is 0 Å². The number of ether oxygens (including phenoxy) is 1. The minimum atomic E-state index is -0.753. The quantitative estimate of drug-likeness (QED) is 0.746. The minimum absolute atomic E-state index is 0.0241. The Kier molecular flexibility index (Phi) is 5.65. The number of anilines is 1. The van der Waals surface area contributed by atoms with Crippen LogP contribution in [0.4, 0.5) is 5.69 Å². The number of carbonyl (C=O) groups excluding carboxylic acids is 3. The number of amides is 3. The molecule has 2 fully saturated rings. The van der Waals surface area contributed by atoms with Crippen molar-refractivity contribution in [3.63, 3.8) is 0 Å². The number of rotatable bonds is 5. The largest absolute Gasteiger partial charge is 0.376 e. The van der Waals surface area contributed by atoms with Gasteiger partial charge >= 0.3 is 0 Å². The van der Waals surface area contributed by atoms with Gasteiger partial charge in [0.05, 0.1) is 18.2 Å². The third-order valence-corrected chi connectivity index (χ3v) is 4.94. The molecule has 3 amide bonds. The van der Waals surface area contributed by atoms with Crippen molar-refractivity contribution in [2.45, 2.75) is 58.6 Å². The zero-order valence-electron chi connectivity index (χ0n) is 16.3. The molecule has 2 aliphatic heterocycles. The molecule has 6 nitrogen and oxygen atoms in total. The van der Waals surface area contributed by atoms with Crippen molar-refractivity contribution in [1.82, 2.24) is 4.90 Å². The molecule has 0 aromatic heterocycles. The number of nitrogens with zero attached hydrogens (tertiary/aromatic N) is 2. The van der Waals surface area contributed by atoms with Crippen LogP contribution in [0.25, 0.3) is 0 Å². The maximum Gasteiger partial charge on any atom is 0.257 e. The molecular formula is C21H28N2O4. The van der Waals surface area contributed by atoms with Gasteiger partial charge in [-0.15, -0.1) is 0 Å². The number of benzene rings is 1. The lowest BCUT2D eigenvalue weighted by Crippen LogP contribution is -2.49. The second-order valence-electron chi connectivity index (χ2n) is 8.54. The summed E-state index contributed by atoms with van der Waals surface area (Å²) in [7, 11) is 0. The Morgan fingerprint density at radius 3 is 2.52 bits per heavy atom. The Morgan fingerprint density at radius 1 is 1.22 bits per heavy atom. The van der Waals surface area contributed by atoms with Crippen molar-refractivity contribution in [2.75, 3.05) is 18.1 Å². The first-order chi connectivity index (χ1) is 12.8. The zero-order valence-corrected chi connectivity index (χ0v) is 16.3. The van der Waals surface area contributed by atoms with Crippen LogP contribution >= 0.6 is 0 Å². The van der Waals surface area contributed by atoms with Gasteiger partial charge in [0.1, 0.15) is 6.04 Å². The van der Waals surface area contributed by atoms with Gasteiger partial charge in [0.2, 0.25) is 11.8 Å². The smallest absolute Gasteiger partial charge is 0.257 e. The topological polar surface area (TPSA) is 66.9 Å². The van der Waals surface area contributed by atoms with Gasteiger partial charge in [0, 0.05) is 19.6 Å². The van der Waals surface area contributed by atoms with Crippen LogP contribution in [0.1, 0.15) is 46.5 Å². The molecule has 146 valence electrons. The van der Waals surface area contributed by atoms with Crippen molar-refractivity contribution < 1.29 is 19.1 Å². The van der Waals surface area contributed by atoms with Crippen molar-refractivity contribution in [2.24, 2.45) is 5.41 Å². The molecule has 2 unspecified atom stereocenters. The molecule has 0 aliphatic carbocycles. The lowest BCUT2D eigenvalue weighted by Gasteiger charge is -2.32. The molecule has 1 aromatic carbocycles. The van der Waals surface area contributed by atoms with E-state index in [-0.39, 0.29) is 35.7 Å². The maximum absolute atomic E-state index is 13.1. The summed E-state index contributed by atoms with van der Waals surface area (Å²) in [4.78, 5) is 41.5. The number of hydrogen-bond acceptors (Lipinski definition) is 4. The second kappa shape index (κ2) is 7.80. The molecule has 0 bridgehead atoms. The molecule has 1 aromatic rings. The van der Waals surface area contributed by atoms with E-state index in [1.165, 1.54) is 4.90 Å². The van der Waals surface area contributed by atoms with E-state index in [1.54, 1.807) is 29.2 Å². The second-order valence-corrected chi connectivity index (χ2v) is 8.54. The van der Waals surface area contributed by atoms with Gasteiger partial charge in [-0.2, -0.15) is 0 Å². The van der Waals surface area contributed by atoms with Crippen molar-refractivity contribution >= 4 is 23.4 Å². The highest BCUT2D eigenvalue weighted by molar-refractivity contribution is 6.23. The highest BCUT2D eigenvalue weighted by Crippen LogP contribution is 2.29. The molecule has 0 saturated carbocycles. The Morgan fingerprint density at radius 2 is 1.93 bits per heavy atom. The van der Waals surface area contributed by atoms with Crippen LogP contribution in [0.3, 0.4) is 0 Å². The summed E-state index contributed by atoms with van der Waals surface area (Å²) in [5, 5.41) is 0. The molecule has 0 spiro atoms. The van der Waals surface area contributed by atoms with Gasteiger partial charge < -0.3 is 9.64 Å². The fourth-order valence-electron chi connectivity index (χ4n) is 3.67. The first-order valence-corrected chi connectivity index (χ1v) is 9.59. The van der Waals surface area contributed by atoms with Gasteiger partial charge in [-0.05, 0) is 30.4 Å². The van der Waals surface area contributed by atoms with Gasteiger partial charge in [0.15, 0.2) is 0 Å². The summed E-state index contributed by atoms with van der Waals surface area (Å²) >= 11 is 0. The first-order valence-electron chi connectivity index (χ1n) is 9.59. The Bertz CT molecular complexity index is 705. The monoisotopic (exact) mass is 372 g/mol. The summed E-state index contributed by atoms with van der Waals surface area (Å²) in [6.07, 6.45) is 2.11. The minimum Gasteiger partial charge on any atom is -0.376 e. The lowest BCUT2D eigenvalue weighted by molar-refractivity contribution is -0.141. The Balaban J connectivity index is 1.83. The highest BCUT2D eigenvalue weighted by atomic mass is 16.5. The van der Waals surface area contributed by atoms with E-state index in [2.05, 4.69) is 0 Å². The highest BCUT2D eigenvalue weighted by Gasteiger charge is 2.45. The van der Waals surface area contributed by atoms with Crippen molar-refractivity contribution in [1.29, 1.82) is 0 Å². The number of imide groups is 1. The Hall–Kier alpha value is -2.21. The van der Waals surface area contributed by atoms with Gasteiger partial charge in [-0.3, -0.25) is 14.4 Å². The summed E-state index contributed by atoms with van der Waals surface area (Å²) < 4.78 is 5.69. The summed E-state index contributed by atoms with van der Waals surface area (Å²) in [5.41, 5.74) is 0.353. The molecule has 27 heavy (non-hydrogen) atoms. The molecule has 0 radical (unpaired) electrons. The van der Waals surface area contributed by atoms with E-state index in [0.717, 1.165) is 12.8 Å². The lowest BCUT2D eigenvalue weighted by atomic mass is 9.91. The van der Waals surface area contributed by atoms with Crippen molar-refractivity contribution in [3.8, 4) is 0 Å². The van der Waals surface area contributed by atoms with E-state index in [1.807, 2.05) is 26.8 Å². The van der Waals surface area contributed by atoms with Gasteiger partial charge in [0.25, 0.3) is 5.91 Å². The maximum atomic E-state index is 13.1. The van der Waals surface area contributed by atoms with Gasteiger partial charge in [-0.25, -0.2) is 4.90 Å². The first kappa shape index (κ1) is 19.5. The number of hydrogen-bond donors (Lipinski definition) is 0. The Labute approximate surface area is 160 Å². The van der Waals surface area contributed by atoms with Crippen molar-refractivity contribution in [3.05, 3.63) is 30.3 Å². The number of carbonyl (C=O) groups is 3. The normalized spacial score (nSPS) is 23.1. The molecule has 6 heteroatoms. The third-order valence-electron chi connectivity index (χ3n) is 4.94. The van der Waals surface area contributed by atoms with Crippen LogP contribution in [-0.2, 0) is 19.1 Å². The van der Waals surface area contributed by atoms with Crippen LogP contribution in [0.2, 0.25) is 0 Å². The standard InChI is InChI=1S/C21H28N2O4/c1-21(2,3)13-19(25)22(14-16-10-7-11-27-16)17-12-18(24)23(20(17)26)15-8-5-4-6-9-15/h4-6,8-9,16-17H,7,10-14H2,1-3H3. The predicted molar refractivity (Wildman–Crippen MR) is 102 cm³/mol. The average Bonchev–Trinajstić information content (AvgIpc) is 3.20. The van der Waals surface area contributed by atoms with E-state index in [9.17, 15) is 14.4 Å². The zero-order chi connectivity index (χ0) is 19.6. The fraction of sp³-hybridized carbons (Fsp3) is 0.571.